The number of sulfone groups is 1. The van der Waals surface area contributed by atoms with Crippen molar-refractivity contribution in [1.82, 2.24) is 0 Å². The maximum atomic E-state index is 10.7. The van der Waals surface area contributed by atoms with E-state index in [1.807, 2.05) is 0 Å². The van der Waals surface area contributed by atoms with Crippen molar-refractivity contribution < 1.29 is 13.2 Å². The summed E-state index contributed by atoms with van der Waals surface area (Å²) in [5.74, 6) is 0.222. The van der Waals surface area contributed by atoms with Crippen molar-refractivity contribution in [3.05, 3.63) is 0 Å². The van der Waals surface area contributed by atoms with Gasteiger partial charge >= 0.3 is 0 Å². The molecule has 0 atom stereocenters. The van der Waals surface area contributed by atoms with E-state index in [9.17, 15) is 8.42 Å². The predicted octanol–water partition coefficient (Wildman–Crippen LogP) is 0.169. The van der Waals surface area contributed by atoms with Crippen LogP contribution in [0.4, 0.5) is 0 Å². The summed E-state index contributed by atoms with van der Waals surface area (Å²) in [7, 11) is -2.84. The molecule has 0 radical (unpaired) electrons. The van der Waals surface area contributed by atoms with Gasteiger partial charge in [0.05, 0.1) is 5.75 Å². The lowest BCUT2D eigenvalue weighted by Gasteiger charge is -1.95. The van der Waals surface area contributed by atoms with Gasteiger partial charge in [0.2, 0.25) is 0 Å². The molecule has 0 spiro atoms. The van der Waals surface area contributed by atoms with Crippen LogP contribution in [0.2, 0.25) is 0 Å². The first-order chi connectivity index (χ1) is 4.21. The van der Waals surface area contributed by atoms with Gasteiger partial charge in [0.15, 0.2) is 9.84 Å². The van der Waals surface area contributed by atoms with E-state index in [1.165, 1.54) is 0 Å². The molecule has 1 fully saturated rings. The molecule has 0 amide bonds. The fraction of sp³-hybridized carbons (Fsp3) is 1.00. The molecule has 9 heavy (non-hydrogen) atoms. The normalized spacial score (nSPS) is 27.1. The minimum Gasteiger partial charge on any atom is -0.366 e. The molecular weight excluding hydrogens is 140 g/mol. The summed E-state index contributed by atoms with van der Waals surface area (Å²) in [5.41, 5.74) is 0. The zero-order chi connectivity index (χ0) is 6.74. The van der Waals surface area contributed by atoms with Gasteiger partial charge in [-0.05, 0) is 12.8 Å². The van der Waals surface area contributed by atoms with E-state index in [1.54, 1.807) is 0 Å². The topological polar surface area (TPSA) is 43.4 Å². The first kappa shape index (κ1) is 7.02. The minimum atomic E-state index is -2.84. The highest BCUT2D eigenvalue weighted by atomic mass is 32.2. The average Bonchev–Trinajstić information content (AvgIpc) is 1.92. The maximum absolute atomic E-state index is 10.7. The highest BCUT2D eigenvalue weighted by molar-refractivity contribution is 7.91. The molecule has 0 aromatic rings. The Bertz CT molecular complexity index is 157. The molecule has 0 saturated carbocycles. The number of rotatable bonds is 0. The fourth-order valence-electron chi connectivity index (χ4n) is 0.771. The van der Waals surface area contributed by atoms with Crippen molar-refractivity contribution in [1.29, 1.82) is 0 Å². The van der Waals surface area contributed by atoms with Gasteiger partial charge < -0.3 is 4.74 Å². The van der Waals surface area contributed by atoms with E-state index < -0.39 is 9.84 Å². The van der Waals surface area contributed by atoms with Crippen molar-refractivity contribution in [3.8, 4) is 0 Å². The van der Waals surface area contributed by atoms with Crippen molar-refractivity contribution >= 4 is 9.84 Å². The highest BCUT2D eigenvalue weighted by Gasteiger charge is 2.13. The van der Waals surface area contributed by atoms with Crippen molar-refractivity contribution in [2.45, 2.75) is 12.8 Å². The van der Waals surface area contributed by atoms with E-state index in [4.69, 9.17) is 4.74 Å². The molecule has 1 heterocycles. The van der Waals surface area contributed by atoms with Crippen LogP contribution in [0.15, 0.2) is 0 Å². The van der Waals surface area contributed by atoms with Gasteiger partial charge in [-0.2, -0.15) is 0 Å². The molecule has 1 aliphatic rings. The standard InChI is InChI=1S/C5H10O3S/c6-9(7)4-2-1-3-8-5-9/h1-5H2. The zero-order valence-electron chi connectivity index (χ0n) is 5.17. The second-order valence-electron chi connectivity index (χ2n) is 2.18. The largest absolute Gasteiger partial charge is 0.366 e. The Kier molecular flexibility index (Phi) is 2.08. The zero-order valence-corrected chi connectivity index (χ0v) is 5.99. The van der Waals surface area contributed by atoms with E-state index in [0.29, 0.717) is 12.4 Å². The summed E-state index contributed by atoms with van der Waals surface area (Å²) >= 11 is 0. The van der Waals surface area contributed by atoms with Gasteiger partial charge in [-0.25, -0.2) is 8.42 Å². The molecule has 54 valence electrons. The van der Waals surface area contributed by atoms with Crippen molar-refractivity contribution in [3.63, 3.8) is 0 Å². The van der Waals surface area contributed by atoms with Crippen LogP contribution in [0.1, 0.15) is 12.8 Å². The molecule has 3 nitrogen and oxygen atoms in total. The molecule has 0 aromatic heterocycles. The third-order valence-corrected chi connectivity index (χ3v) is 2.69. The SMILES string of the molecule is O=S1(=O)CCCCOC1. The lowest BCUT2D eigenvalue weighted by molar-refractivity contribution is 0.179. The summed E-state index contributed by atoms with van der Waals surface area (Å²) in [6.45, 7) is 0.596. The quantitative estimate of drug-likeness (QED) is 0.494. The third kappa shape index (κ3) is 2.32. The maximum Gasteiger partial charge on any atom is 0.174 e. The predicted molar refractivity (Wildman–Crippen MR) is 33.8 cm³/mol. The molecule has 1 saturated heterocycles. The van der Waals surface area contributed by atoms with Gasteiger partial charge in [-0.3, -0.25) is 0 Å². The van der Waals surface area contributed by atoms with Gasteiger partial charge in [0.25, 0.3) is 0 Å². The van der Waals surface area contributed by atoms with Crippen LogP contribution >= 0.6 is 0 Å². The Morgan fingerprint density at radius 2 is 2.00 bits per heavy atom. The summed E-state index contributed by atoms with van der Waals surface area (Å²) in [6, 6.07) is 0. The summed E-state index contributed by atoms with van der Waals surface area (Å²) in [4.78, 5) is 0. The average molecular weight is 150 g/mol. The second-order valence-corrected chi connectivity index (χ2v) is 4.31. The first-order valence-electron chi connectivity index (χ1n) is 2.99. The lowest BCUT2D eigenvalue weighted by Crippen LogP contribution is -2.09. The fourth-order valence-corrected chi connectivity index (χ4v) is 1.90. The number of ether oxygens (including phenoxy) is 1. The molecular formula is C5H10O3S. The van der Waals surface area contributed by atoms with E-state index in [2.05, 4.69) is 0 Å². The first-order valence-corrected chi connectivity index (χ1v) is 4.81. The molecule has 0 bridgehead atoms. The number of hydrogen-bond acceptors (Lipinski definition) is 3. The van der Waals surface area contributed by atoms with E-state index in [-0.39, 0.29) is 5.94 Å². The smallest absolute Gasteiger partial charge is 0.174 e. The minimum absolute atomic E-state index is 0.0764. The molecule has 4 heteroatoms. The summed E-state index contributed by atoms with van der Waals surface area (Å²) < 4.78 is 26.3. The Hall–Kier alpha value is -0.0900. The van der Waals surface area contributed by atoms with E-state index in [0.717, 1.165) is 12.8 Å². The molecule has 1 aliphatic heterocycles. The molecule has 0 unspecified atom stereocenters. The highest BCUT2D eigenvalue weighted by Crippen LogP contribution is 2.03. The lowest BCUT2D eigenvalue weighted by atomic mass is 10.4. The molecule has 0 aliphatic carbocycles. The monoisotopic (exact) mass is 150 g/mol. The summed E-state index contributed by atoms with van der Waals surface area (Å²) in [5, 5.41) is 0. The second kappa shape index (κ2) is 2.66. The van der Waals surface area contributed by atoms with Crippen LogP contribution in [-0.4, -0.2) is 26.7 Å². The van der Waals surface area contributed by atoms with E-state index >= 15 is 0 Å². The Labute approximate surface area is 54.9 Å². The van der Waals surface area contributed by atoms with Crippen molar-refractivity contribution in [2.75, 3.05) is 18.3 Å². The van der Waals surface area contributed by atoms with Crippen LogP contribution in [0.5, 0.6) is 0 Å². The van der Waals surface area contributed by atoms with Crippen LogP contribution in [-0.2, 0) is 14.6 Å². The Morgan fingerprint density at radius 1 is 1.22 bits per heavy atom. The molecule has 0 N–H and O–H groups in total. The Balaban J connectivity index is 2.56. The van der Waals surface area contributed by atoms with Gasteiger partial charge in [0.1, 0.15) is 5.94 Å². The molecule has 1 rings (SSSR count). The third-order valence-electron chi connectivity index (χ3n) is 1.26. The molecule has 0 aromatic carbocycles. The Morgan fingerprint density at radius 3 is 2.78 bits per heavy atom. The summed E-state index contributed by atoms with van der Waals surface area (Å²) in [6.07, 6.45) is 1.63. The van der Waals surface area contributed by atoms with Crippen molar-refractivity contribution in [2.24, 2.45) is 0 Å². The van der Waals surface area contributed by atoms with Gasteiger partial charge in [-0.1, -0.05) is 0 Å². The van der Waals surface area contributed by atoms with Gasteiger partial charge in [-0.15, -0.1) is 0 Å². The van der Waals surface area contributed by atoms with Crippen LogP contribution in [0.25, 0.3) is 0 Å². The van der Waals surface area contributed by atoms with Crippen LogP contribution in [0, 0.1) is 0 Å². The van der Waals surface area contributed by atoms with Crippen LogP contribution < -0.4 is 0 Å². The number of hydrogen-bond donors (Lipinski definition) is 0. The van der Waals surface area contributed by atoms with Gasteiger partial charge in [0, 0.05) is 6.61 Å². The van der Waals surface area contributed by atoms with Crippen LogP contribution in [0.3, 0.4) is 0 Å².